The monoisotopic (exact) mass is 430 g/mol. The number of benzene rings is 2. The van der Waals surface area contributed by atoms with Gasteiger partial charge in [-0.25, -0.2) is 12.8 Å². The maximum Gasteiger partial charge on any atom is 0.322 e. The molecule has 0 spiro atoms. The van der Waals surface area contributed by atoms with Crippen molar-refractivity contribution in [1.82, 2.24) is 9.71 Å². The van der Waals surface area contributed by atoms with Gasteiger partial charge in [-0.3, -0.25) is 4.79 Å². The molecule has 0 amide bonds. The molecule has 0 saturated carbocycles. The number of hydrogen-bond acceptors (Lipinski definition) is 4. The number of carbonyl (C=O) groups is 1. The normalized spacial score (nSPS) is 12.2. The van der Waals surface area contributed by atoms with E-state index in [1.54, 1.807) is 13.1 Å². The third-order valence-corrected chi connectivity index (χ3v) is 5.86. The average molecular weight is 430 g/mol. The van der Waals surface area contributed by atoms with Gasteiger partial charge in [-0.05, 0) is 55.0 Å². The lowest BCUT2D eigenvalue weighted by Crippen LogP contribution is -2.42. The first-order valence-corrected chi connectivity index (χ1v) is 10.4. The minimum absolute atomic E-state index is 0.0938. The quantitative estimate of drug-likeness (QED) is 0.476. The van der Waals surface area contributed by atoms with Crippen LogP contribution in [0.1, 0.15) is 12.5 Å². The number of nitrogens with one attached hydrogen (secondary N) is 2. The van der Waals surface area contributed by atoms with Crippen molar-refractivity contribution in [2.45, 2.75) is 24.3 Å². The molecule has 1 aromatic heterocycles. The summed E-state index contributed by atoms with van der Waals surface area (Å²) in [7, 11) is -4.09. The maximum atomic E-state index is 13.3. The van der Waals surface area contributed by atoms with Crippen LogP contribution in [0.3, 0.4) is 0 Å². The van der Waals surface area contributed by atoms with Crippen LogP contribution in [-0.4, -0.2) is 37.1 Å². The molecule has 1 atom stereocenters. The van der Waals surface area contributed by atoms with E-state index in [-0.39, 0.29) is 17.9 Å². The van der Waals surface area contributed by atoms with Crippen molar-refractivity contribution in [3.8, 4) is 17.6 Å². The van der Waals surface area contributed by atoms with E-state index < -0.39 is 27.9 Å². The molecule has 7 nitrogen and oxygen atoms in total. The van der Waals surface area contributed by atoms with E-state index in [2.05, 4.69) is 21.5 Å². The number of hydrogen-bond donors (Lipinski definition) is 3. The minimum Gasteiger partial charge on any atom is -0.481 e. The predicted molar refractivity (Wildman–Crippen MR) is 109 cm³/mol. The summed E-state index contributed by atoms with van der Waals surface area (Å²) < 4.78 is 46.2. The van der Waals surface area contributed by atoms with Gasteiger partial charge in [-0.2, -0.15) is 4.72 Å². The molecule has 0 aliphatic rings. The van der Waals surface area contributed by atoms with Gasteiger partial charge in [0, 0.05) is 23.5 Å². The number of aromatic amines is 1. The van der Waals surface area contributed by atoms with E-state index in [1.165, 1.54) is 42.5 Å². The molecule has 1 unspecified atom stereocenters. The highest BCUT2D eigenvalue weighted by Crippen LogP contribution is 2.22. The molecule has 0 aliphatic heterocycles. The Bertz CT molecular complexity index is 1220. The van der Waals surface area contributed by atoms with Crippen LogP contribution in [0.15, 0.2) is 53.6 Å². The van der Waals surface area contributed by atoms with Gasteiger partial charge < -0.3 is 14.8 Å². The second kappa shape index (κ2) is 8.98. The smallest absolute Gasteiger partial charge is 0.322 e. The van der Waals surface area contributed by atoms with Gasteiger partial charge in [0.2, 0.25) is 10.0 Å². The van der Waals surface area contributed by atoms with Gasteiger partial charge >= 0.3 is 5.97 Å². The van der Waals surface area contributed by atoms with Crippen LogP contribution in [0.25, 0.3) is 10.9 Å². The summed E-state index contributed by atoms with van der Waals surface area (Å²) in [5.41, 5.74) is 1.06. The number of ether oxygens (including phenoxy) is 1. The Kier molecular flexibility index (Phi) is 6.40. The van der Waals surface area contributed by atoms with Gasteiger partial charge in [-0.1, -0.05) is 5.92 Å². The lowest BCUT2D eigenvalue weighted by Gasteiger charge is -2.15. The number of H-pyrrole nitrogens is 1. The first-order valence-electron chi connectivity index (χ1n) is 8.93. The van der Waals surface area contributed by atoms with Crippen molar-refractivity contribution >= 4 is 26.9 Å². The van der Waals surface area contributed by atoms with E-state index in [4.69, 9.17) is 4.74 Å². The molecule has 3 N–H and O–H groups in total. The highest BCUT2D eigenvalue weighted by Gasteiger charge is 2.26. The fourth-order valence-electron chi connectivity index (χ4n) is 2.89. The number of sulfonamides is 1. The van der Waals surface area contributed by atoms with E-state index in [1.807, 2.05) is 0 Å². The number of fused-ring (bicyclic) bond motifs is 1. The Hall–Kier alpha value is -3.35. The first-order chi connectivity index (χ1) is 14.3. The fourth-order valence-corrected chi connectivity index (χ4v) is 4.08. The summed E-state index contributed by atoms with van der Waals surface area (Å²) in [5, 5.41) is 10.2. The minimum atomic E-state index is -4.09. The third kappa shape index (κ3) is 4.97. The number of carboxylic acids is 1. The molecule has 156 valence electrons. The van der Waals surface area contributed by atoms with Gasteiger partial charge in [0.15, 0.2) is 0 Å². The standard InChI is InChI=1S/C21H19FN2O5S/c1-2-3-10-29-16-5-7-17(8-6-16)30(27,28)24-20(21(25)26)11-14-13-23-19-12-15(22)4-9-18(14)19/h4-9,12-13,20,23-24H,10-11H2,1H3,(H,25,26). The zero-order valence-electron chi connectivity index (χ0n) is 16.0. The van der Waals surface area contributed by atoms with Crippen LogP contribution in [0, 0.1) is 17.7 Å². The molecule has 3 aromatic rings. The van der Waals surface area contributed by atoms with Crippen molar-refractivity contribution in [2.75, 3.05) is 6.61 Å². The van der Waals surface area contributed by atoms with Crippen LogP contribution in [0.5, 0.6) is 5.75 Å². The number of aliphatic carboxylic acids is 1. The molecule has 2 aromatic carbocycles. The molecule has 0 saturated heterocycles. The summed E-state index contributed by atoms with van der Waals surface area (Å²) in [4.78, 5) is 14.5. The van der Waals surface area contributed by atoms with Gasteiger partial charge in [0.25, 0.3) is 0 Å². The Labute approximate surface area is 172 Å². The highest BCUT2D eigenvalue weighted by atomic mass is 32.2. The molecule has 0 aliphatic carbocycles. The van der Waals surface area contributed by atoms with Crippen molar-refractivity contribution in [1.29, 1.82) is 0 Å². The Balaban J connectivity index is 1.77. The summed E-state index contributed by atoms with van der Waals surface area (Å²) in [5.74, 6) is 4.09. The summed E-state index contributed by atoms with van der Waals surface area (Å²) >= 11 is 0. The van der Waals surface area contributed by atoms with E-state index in [0.717, 1.165) is 0 Å². The number of aromatic nitrogens is 1. The lowest BCUT2D eigenvalue weighted by molar-refractivity contribution is -0.138. The van der Waals surface area contributed by atoms with E-state index >= 15 is 0 Å². The van der Waals surface area contributed by atoms with Crippen LogP contribution in [0.4, 0.5) is 4.39 Å². The molecule has 1 heterocycles. The Morgan fingerprint density at radius 2 is 2.00 bits per heavy atom. The first kappa shape index (κ1) is 21.4. The molecule has 30 heavy (non-hydrogen) atoms. The number of halogens is 1. The van der Waals surface area contributed by atoms with Crippen molar-refractivity contribution in [3.05, 3.63) is 60.0 Å². The lowest BCUT2D eigenvalue weighted by atomic mass is 10.1. The van der Waals surface area contributed by atoms with Crippen LogP contribution in [-0.2, 0) is 21.2 Å². The van der Waals surface area contributed by atoms with Gasteiger partial charge in [-0.15, -0.1) is 5.92 Å². The van der Waals surface area contributed by atoms with Crippen LogP contribution in [0.2, 0.25) is 0 Å². The maximum absolute atomic E-state index is 13.3. The molecule has 0 fully saturated rings. The third-order valence-electron chi connectivity index (χ3n) is 4.37. The van der Waals surface area contributed by atoms with Crippen molar-refractivity contribution < 1.29 is 27.4 Å². The van der Waals surface area contributed by atoms with E-state index in [0.29, 0.717) is 22.2 Å². The Morgan fingerprint density at radius 1 is 1.27 bits per heavy atom. The molecule has 3 rings (SSSR count). The Morgan fingerprint density at radius 3 is 2.67 bits per heavy atom. The largest absolute Gasteiger partial charge is 0.481 e. The topological polar surface area (TPSA) is 108 Å². The fraction of sp³-hybridized carbons (Fsp3) is 0.190. The van der Waals surface area contributed by atoms with Crippen molar-refractivity contribution in [2.24, 2.45) is 0 Å². The van der Waals surface area contributed by atoms with Crippen LogP contribution < -0.4 is 9.46 Å². The zero-order chi connectivity index (χ0) is 21.7. The predicted octanol–water partition coefficient (Wildman–Crippen LogP) is 2.68. The molecule has 0 radical (unpaired) electrons. The zero-order valence-corrected chi connectivity index (χ0v) is 16.8. The molecular formula is C21H19FN2O5S. The SMILES string of the molecule is CC#CCOc1ccc(S(=O)(=O)NC(Cc2c[nH]c3cc(F)ccc23)C(=O)O)cc1. The van der Waals surface area contributed by atoms with Crippen LogP contribution >= 0.6 is 0 Å². The number of carboxylic acid groups (broad SMARTS) is 1. The molecular weight excluding hydrogens is 411 g/mol. The highest BCUT2D eigenvalue weighted by molar-refractivity contribution is 7.89. The second-order valence-electron chi connectivity index (χ2n) is 6.41. The summed E-state index contributed by atoms with van der Waals surface area (Å²) in [6, 6.07) is 8.24. The molecule has 0 bridgehead atoms. The van der Waals surface area contributed by atoms with Gasteiger partial charge in [0.1, 0.15) is 24.2 Å². The van der Waals surface area contributed by atoms with Crippen molar-refractivity contribution in [3.63, 3.8) is 0 Å². The second-order valence-corrected chi connectivity index (χ2v) is 8.12. The number of rotatable bonds is 8. The summed E-state index contributed by atoms with van der Waals surface area (Å²) in [6.07, 6.45) is 1.43. The van der Waals surface area contributed by atoms with E-state index in [9.17, 15) is 22.7 Å². The summed E-state index contributed by atoms with van der Waals surface area (Å²) in [6.45, 7) is 1.86. The molecule has 9 heteroatoms. The average Bonchev–Trinajstić information content (AvgIpc) is 3.09. The van der Waals surface area contributed by atoms with Gasteiger partial charge in [0.05, 0.1) is 4.90 Å².